The smallest absolute Gasteiger partial charge is 0.414 e. The number of fused-ring (bicyclic) bond motifs is 3. The van der Waals surface area contributed by atoms with E-state index in [0.29, 0.717) is 41.9 Å². The second-order valence-electron chi connectivity index (χ2n) is 8.11. The van der Waals surface area contributed by atoms with E-state index in [1.54, 1.807) is 29.1 Å². The van der Waals surface area contributed by atoms with Gasteiger partial charge in [-0.15, -0.1) is 0 Å². The van der Waals surface area contributed by atoms with Crippen LogP contribution in [0, 0.1) is 5.82 Å². The van der Waals surface area contributed by atoms with Crippen molar-refractivity contribution in [3.05, 3.63) is 46.6 Å². The summed E-state index contributed by atoms with van der Waals surface area (Å²) in [6.07, 6.45) is 0.446. The third-order valence-electron chi connectivity index (χ3n) is 5.90. The average Bonchev–Trinajstić information content (AvgIpc) is 3.16. The van der Waals surface area contributed by atoms with E-state index in [0.717, 1.165) is 6.54 Å². The number of anilines is 1. The summed E-state index contributed by atoms with van der Waals surface area (Å²) >= 11 is 0. The molecule has 2 aliphatic heterocycles. The molecule has 2 amide bonds. The first-order valence-electron chi connectivity index (χ1n) is 10.7. The van der Waals surface area contributed by atoms with Crippen LogP contribution in [0.4, 0.5) is 14.9 Å². The lowest BCUT2D eigenvalue weighted by Crippen LogP contribution is -2.33. The van der Waals surface area contributed by atoms with Gasteiger partial charge in [0, 0.05) is 37.3 Å². The number of nitrogens with one attached hydrogen (secondary N) is 2. The summed E-state index contributed by atoms with van der Waals surface area (Å²) in [7, 11) is 0. The van der Waals surface area contributed by atoms with Crippen molar-refractivity contribution in [2.75, 3.05) is 31.1 Å². The van der Waals surface area contributed by atoms with Crippen molar-refractivity contribution in [1.29, 1.82) is 0 Å². The number of halogens is 1. The maximum absolute atomic E-state index is 15.1. The summed E-state index contributed by atoms with van der Waals surface area (Å²) in [5, 5.41) is 6.30. The van der Waals surface area contributed by atoms with E-state index in [1.807, 2.05) is 4.68 Å². The second kappa shape index (κ2) is 9.26. The molecule has 180 valence electrons. The van der Waals surface area contributed by atoms with Crippen molar-refractivity contribution in [2.24, 2.45) is 0 Å². The van der Waals surface area contributed by atoms with E-state index in [1.165, 1.54) is 17.9 Å². The van der Waals surface area contributed by atoms with E-state index in [9.17, 15) is 14.4 Å². The SMILES string of the molecule is C.CC(=O)NC[C@H]1CN(c2ccc(-c3cnc4c(c3)c(=O)n3n4CCNCC3)c(F)c2)C(=O)O1. The second-order valence-corrected chi connectivity index (χ2v) is 8.11. The summed E-state index contributed by atoms with van der Waals surface area (Å²) in [6, 6.07) is 6.11. The number of amides is 2. The molecule has 0 aliphatic carbocycles. The summed E-state index contributed by atoms with van der Waals surface area (Å²) < 4.78 is 23.9. The Kier molecular flexibility index (Phi) is 6.38. The molecule has 1 saturated heterocycles. The Morgan fingerprint density at radius 1 is 1.24 bits per heavy atom. The van der Waals surface area contributed by atoms with Gasteiger partial charge in [0.15, 0.2) is 5.65 Å². The van der Waals surface area contributed by atoms with Crippen LogP contribution in [0.5, 0.6) is 0 Å². The highest BCUT2D eigenvalue weighted by Gasteiger charge is 2.32. The van der Waals surface area contributed by atoms with Gasteiger partial charge in [-0.1, -0.05) is 7.43 Å². The topological polar surface area (TPSA) is 110 Å². The molecule has 0 spiro atoms. The normalized spacial score (nSPS) is 17.6. The van der Waals surface area contributed by atoms with Crippen molar-refractivity contribution >= 4 is 28.7 Å². The quantitative estimate of drug-likeness (QED) is 0.601. The Morgan fingerprint density at radius 3 is 2.74 bits per heavy atom. The molecular weight excluding hydrogens is 443 g/mol. The number of hydrogen-bond acceptors (Lipinski definition) is 6. The van der Waals surface area contributed by atoms with Gasteiger partial charge >= 0.3 is 6.09 Å². The van der Waals surface area contributed by atoms with Gasteiger partial charge in [-0.25, -0.2) is 18.9 Å². The molecule has 0 unspecified atom stereocenters. The first kappa shape index (κ1) is 23.4. The van der Waals surface area contributed by atoms with Crippen LogP contribution in [0.15, 0.2) is 35.3 Å². The van der Waals surface area contributed by atoms with E-state index < -0.39 is 18.0 Å². The van der Waals surface area contributed by atoms with Crippen LogP contribution in [0.1, 0.15) is 14.4 Å². The number of pyridine rings is 1. The zero-order valence-electron chi connectivity index (χ0n) is 18.0. The van der Waals surface area contributed by atoms with Crippen molar-refractivity contribution in [3.8, 4) is 11.1 Å². The lowest BCUT2D eigenvalue weighted by molar-refractivity contribution is -0.119. The minimum atomic E-state index is -0.599. The number of hydrogen-bond donors (Lipinski definition) is 2. The van der Waals surface area contributed by atoms with Gasteiger partial charge in [0.05, 0.1) is 37.3 Å². The summed E-state index contributed by atoms with van der Waals surface area (Å²) in [5.41, 5.74) is 1.54. The summed E-state index contributed by atoms with van der Waals surface area (Å²) in [4.78, 5) is 42.0. The van der Waals surface area contributed by atoms with E-state index in [2.05, 4.69) is 15.6 Å². The Bertz CT molecular complexity index is 1320. The highest BCUT2D eigenvalue weighted by atomic mass is 19.1. The molecule has 0 saturated carbocycles. The Morgan fingerprint density at radius 2 is 2.00 bits per heavy atom. The van der Waals surface area contributed by atoms with Gasteiger partial charge in [-0.3, -0.25) is 19.2 Å². The van der Waals surface area contributed by atoms with Crippen LogP contribution in [0.2, 0.25) is 0 Å². The fraction of sp³-hybridized carbons (Fsp3) is 0.391. The minimum Gasteiger partial charge on any atom is -0.442 e. The van der Waals surface area contributed by atoms with Gasteiger partial charge in [-0.2, -0.15) is 0 Å². The van der Waals surface area contributed by atoms with Gasteiger partial charge in [-0.05, 0) is 24.3 Å². The number of carbonyl (C=O) groups excluding carboxylic acids is 2. The van der Waals surface area contributed by atoms with Crippen LogP contribution in [-0.2, 0) is 22.6 Å². The minimum absolute atomic E-state index is 0. The van der Waals surface area contributed by atoms with Crippen molar-refractivity contribution in [3.63, 3.8) is 0 Å². The molecule has 1 atom stereocenters. The van der Waals surface area contributed by atoms with Crippen LogP contribution >= 0.6 is 0 Å². The van der Waals surface area contributed by atoms with Crippen LogP contribution < -0.4 is 21.1 Å². The summed E-state index contributed by atoms with van der Waals surface area (Å²) in [6.45, 7) is 4.39. The van der Waals surface area contributed by atoms with E-state index >= 15 is 4.39 Å². The standard InChI is InChI=1S/C22H23FN6O4.CH4/c1-13(30)25-11-16-12-27(22(32)33-16)15-2-3-17(19(23)9-15)14-8-18-20(26-10-14)28-6-4-24-5-7-29(28)21(18)31;/h2-3,8-10,16,24H,4-7,11-12H2,1H3,(H,25,30);1H4/t16-;/m0./s1. The first-order chi connectivity index (χ1) is 15.9. The third kappa shape index (κ3) is 4.14. The Balaban J connectivity index is 0.00000274. The van der Waals surface area contributed by atoms with Gasteiger partial charge < -0.3 is 15.4 Å². The molecule has 1 fully saturated rings. The number of rotatable bonds is 4. The van der Waals surface area contributed by atoms with Crippen LogP contribution in [0.3, 0.4) is 0 Å². The molecule has 2 N–H and O–H groups in total. The van der Waals surface area contributed by atoms with Crippen LogP contribution in [0.25, 0.3) is 22.2 Å². The molecule has 5 rings (SSSR count). The molecule has 2 aromatic heterocycles. The molecule has 11 heteroatoms. The molecule has 0 radical (unpaired) electrons. The molecule has 0 bridgehead atoms. The zero-order chi connectivity index (χ0) is 23.1. The molecule has 3 aromatic rings. The number of cyclic esters (lactones) is 1. The van der Waals surface area contributed by atoms with E-state index in [-0.39, 0.29) is 37.5 Å². The number of aromatic nitrogens is 3. The molecule has 4 heterocycles. The number of carbonyl (C=O) groups is 2. The molecule has 1 aromatic carbocycles. The Labute approximate surface area is 195 Å². The highest BCUT2D eigenvalue weighted by molar-refractivity contribution is 5.90. The summed E-state index contributed by atoms with van der Waals surface area (Å²) in [5.74, 6) is -0.766. The van der Waals surface area contributed by atoms with Crippen molar-refractivity contribution in [2.45, 2.75) is 33.5 Å². The zero-order valence-corrected chi connectivity index (χ0v) is 18.0. The van der Waals surface area contributed by atoms with Gasteiger partial charge in [0.25, 0.3) is 5.56 Å². The average molecular weight is 471 g/mol. The molecule has 10 nitrogen and oxygen atoms in total. The predicted molar refractivity (Wildman–Crippen MR) is 125 cm³/mol. The van der Waals surface area contributed by atoms with Crippen LogP contribution in [-0.4, -0.2) is 58.6 Å². The molecule has 2 aliphatic rings. The monoisotopic (exact) mass is 470 g/mol. The largest absolute Gasteiger partial charge is 0.442 e. The number of nitrogens with zero attached hydrogens (tertiary/aromatic N) is 4. The first-order valence-corrected chi connectivity index (χ1v) is 10.7. The fourth-order valence-electron chi connectivity index (χ4n) is 4.28. The molecular formula is C23H27FN6O4. The lowest BCUT2D eigenvalue weighted by atomic mass is 10.1. The van der Waals surface area contributed by atoms with E-state index in [4.69, 9.17) is 4.74 Å². The van der Waals surface area contributed by atoms with Gasteiger partial charge in [0.2, 0.25) is 5.91 Å². The maximum Gasteiger partial charge on any atom is 0.414 e. The highest BCUT2D eigenvalue weighted by Crippen LogP contribution is 2.30. The number of benzene rings is 1. The lowest BCUT2D eigenvalue weighted by Gasteiger charge is -2.14. The number of ether oxygens (including phenoxy) is 1. The Hall–Kier alpha value is -3.73. The van der Waals surface area contributed by atoms with Crippen molar-refractivity contribution < 1.29 is 18.7 Å². The predicted octanol–water partition coefficient (Wildman–Crippen LogP) is 1.70. The van der Waals surface area contributed by atoms with Crippen molar-refractivity contribution in [1.82, 2.24) is 25.0 Å². The van der Waals surface area contributed by atoms with Gasteiger partial charge in [0.1, 0.15) is 11.9 Å². The maximum atomic E-state index is 15.1. The molecule has 34 heavy (non-hydrogen) atoms. The fourth-order valence-corrected chi connectivity index (χ4v) is 4.28. The third-order valence-corrected chi connectivity index (χ3v) is 5.90.